The van der Waals surface area contributed by atoms with Crippen molar-refractivity contribution in [2.24, 2.45) is 23.7 Å². The lowest BCUT2D eigenvalue weighted by Crippen LogP contribution is -2.38. The zero-order valence-corrected chi connectivity index (χ0v) is 11.9. The van der Waals surface area contributed by atoms with Crippen LogP contribution in [0.15, 0.2) is 36.4 Å². The van der Waals surface area contributed by atoms with Crippen molar-refractivity contribution in [1.82, 2.24) is 0 Å². The molecule has 1 aromatic rings. The summed E-state index contributed by atoms with van der Waals surface area (Å²) in [4.78, 5) is 26.9. The largest absolute Gasteiger partial charge is 0.497 e. The normalized spacial score (nSPS) is 33.5. The summed E-state index contributed by atoms with van der Waals surface area (Å²) in [7, 11) is 1.60. The minimum atomic E-state index is -0.150. The molecule has 5 rings (SSSR count). The fraction of sp³-hybridized carbons (Fsp3) is 0.412. The Bertz CT molecular complexity index is 602. The SMILES string of the molecule is COc1ccc(N2C(=O)[C@@H]3[C@H](C2=O)[C@@H]2C=C[C@@H]3CC2)cc1. The summed E-state index contributed by atoms with van der Waals surface area (Å²) in [5, 5.41) is 0. The van der Waals surface area contributed by atoms with Crippen LogP contribution in [0.3, 0.4) is 0 Å². The van der Waals surface area contributed by atoms with E-state index in [1.165, 1.54) is 4.90 Å². The van der Waals surface area contributed by atoms with Crippen LogP contribution >= 0.6 is 0 Å². The highest BCUT2D eigenvalue weighted by Crippen LogP contribution is 2.50. The molecule has 0 radical (unpaired) electrons. The molecule has 3 aliphatic carbocycles. The van der Waals surface area contributed by atoms with Crippen LogP contribution in [0.4, 0.5) is 5.69 Å². The van der Waals surface area contributed by atoms with E-state index in [1.807, 2.05) is 0 Å². The molecule has 0 spiro atoms. The lowest BCUT2D eigenvalue weighted by atomic mass is 9.63. The topological polar surface area (TPSA) is 46.6 Å². The molecule has 1 aromatic carbocycles. The number of methoxy groups -OCH3 is 1. The molecule has 0 unspecified atom stereocenters. The molecular weight excluding hydrogens is 266 g/mol. The molecule has 4 aliphatic rings. The predicted octanol–water partition coefficient (Wildman–Crippen LogP) is 2.40. The second kappa shape index (κ2) is 4.45. The second-order valence-corrected chi connectivity index (χ2v) is 6.05. The van der Waals surface area contributed by atoms with Crippen molar-refractivity contribution in [2.75, 3.05) is 12.0 Å². The molecule has 4 heteroatoms. The maximum atomic E-state index is 12.7. The Labute approximate surface area is 123 Å². The fourth-order valence-corrected chi connectivity index (χ4v) is 4.06. The van der Waals surface area contributed by atoms with Gasteiger partial charge in [-0.05, 0) is 48.9 Å². The highest BCUT2D eigenvalue weighted by atomic mass is 16.5. The third-order valence-corrected chi connectivity index (χ3v) is 5.09. The van der Waals surface area contributed by atoms with Gasteiger partial charge in [-0.3, -0.25) is 14.5 Å². The number of allylic oxidation sites excluding steroid dienone is 2. The van der Waals surface area contributed by atoms with Gasteiger partial charge in [-0.2, -0.15) is 0 Å². The minimum Gasteiger partial charge on any atom is -0.497 e. The smallest absolute Gasteiger partial charge is 0.238 e. The summed E-state index contributed by atoms with van der Waals surface area (Å²) in [6.07, 6.45) is 6.33. The van der Waals surface area contributed by atoms with Gasteiger partial charge in [0.15, 0.2) is 0 Å². The average molecular weight is 283 g/mol. The molecule has 1 saturated carbocycles. The van der Waals surface area contributed by atoms with Crippen molar-refractivity contribution >= 4 is 17.5 Å². The summed E-state index contributed by atoms with van der Waals surface area (Å²) >= 11 is 0. The highest BCUT2D eigenvalue weighted by molar-refractivity contribution is 6.22. The molecular formula is C17H17NO3. The van der Waals surface area contributed by atoms with Gasteiger partial charge >= 0.3 is 0 Å². The van der Waals surface area contributed by atoms with Gasteiger partial charge in [0, 0.05) is 0 Å². The number of fused-ring (bicyclic) bond motifs is 1. The number of amides is 2. The average Bonchev–Trinajstić information content (AvgIpc) is 2.82. The van der Waals surface area contributed by atoms with Crippen LogP contribution in [0.1, 0.15) is 12.8 Å². The highest BCUT2D eigenvalue weighted by Gasteiger charge is 2.56. The first-order valence-electron chi connectivity index (χ1n) is 7.41. The zero-order chi connectivity index (χ0) is 14.6. The lowest BCUT2D eigenvalue weighted by molar-refractivity contribution is -0.124. The summed E-state index contributed by atoms with van der Waals surface area (Å²) in [5.41, 5.74) is 0.652. The number of carbonyl (C=O) groups is 2. The van der Waals surface area contributed by atoms with E-state index in [0.29, 0.717) is 5.69 Å². The van der Waals surface area contributed by atoms with Gasteiger partial charge in [-0.25, -0.2) is 0 Å². The van der Waals surface area contributed by atoms with Crippen molar-refractivity contribution in [3.8, 4) is 5.75 Å². The van der Waals surface area contributed by atoms with Gasteiger partial charge in [0.25, 0.3) is 0 Å². The number of carbonyl (C=O) groups excluding carboxylic acids is 2. The van der Waals surface area contributed by atoms with Crippen LogP contribution in [0.5, 0.6) is 5.75 Å². The molecule has 0 aromatic heterocycles. The lowest BCUT2D eigenvalue weighted by Gasteiger charge is -2.38. The van der Waals surface area contributed by atoms with E-state index in [2.05, 4.69) is 12.2 Å². The van der Waals surface area contributed by atoms with Gasteiger partial charge in [0.05, 0.1) is 24.6 Å². The molecule has 2 fully saturated rings. The number of nitrogens with zero attached hydrogens (tertiary/aromatic N) is 1. The summed E-state index contributed by atoms with van der Waals surface area (Å²) in [6.45, 7) is 0. The van der Waals surface area contributed by atoms with Crippen LogP contribution < -0.4 is 9.64 Å². The standard InChI is InChI=1S/C17H17NO3/c1-21-13-8-6-12(7-9-13)18-16(19)14-10-2-3-11(5-4-10)15(14)17(18)20/h2-3,6-11,14-15H,4-5H2,1H3/t10-,11-,14-,15+/m1/s1. The molecule has 1 heterocycles. The Morgan fingerprint density at radius 2 is 1.48 bits per heavy atom. The quantitative estimate of drug-likeness (QED) is 0.618. The molecule has 0 N–H and O–H groups in total. The van der Waals surface area contributed by atoms with Crippen molar-refractivity contribution < 1.29 is 14.3 Å². The van der Waals surface area contributed by atoms with Gasteiger partial charge in [0.2, 0.25) is 11.8 Å². The van der Waals surface area contributed by atoms with Gasteiger partial charge in [-0.15, -0.1) is 0 Å². The van der Waals surface area contributed by atoms with E-state index in [-0.39, 0.29) is 35.5 Å². The molecule has 1 aliphatic heterocycles. The Morgan fingerprint density at radius 3 is 1.90 bits per heavy atom. The third-order valence-electron chi connectivity index (χ3n) is 5.09. The van der Waals surface area contributed by atoms with E-state index in [4.69, 9.17) is 4.74 Å². The molecule has 21 heavy (non-hydrogen) atoms. The third kappa shape index (κ3) is 1.68. The maximum Gasteiger partial charge on any atom is 0.238 e. The van der Waals surface area contributed by atoms with Crippen molar-refractivity contribution in [2.45, 2.75) is 12.8 Å². The summed E-state index contributed by atoms with van der Waals surface area (Å²) in [6, 6.07) is 7.12. The molecule has 4 atom stereocenters. The first-order valence-corrected chi connectivity index (χ1v) is 7.41. The van der Waals surface area contributed by atoms with Crippen LogP contribution in [0.2, 0.25) is 0 Å². The Kier molecular flexibility index (Phi) is 2.67. The van der Waals surface area contributed by atoms with Gasteiger partial charge in [0.1, 0.15) is 5.75 Å². The molecule has 4 nitrogen and oxygen atoms in total. The van der Waals surface area contributed by atoms with E-state index in [0.717, 1.165) is 18.6 Å². The first kappa shape index (κ1) is 12.6. The van der Waals surface area contributed by atoms with E-state index in [1.54, 1.807) is 31.4 Å². The number of benzene rings is 1. The molecule has 2 bridgehead atoms. The number of hydrogen-bond acceptors (Lipinski definition) is 3. The Balaban J connectivity index is 1.71. The molecule has 1 saturated heterocycles. The van der Waals surface area contributed by atoms with Gasteiger partial charge in [-0.1, -0.05) is 12.2 Å². The van der Waals surface area contributed by atoms with E-state index >= 15 is 0 Å². The number of imide groups is 1. The second-order valence-electron chi connectivity index (χ2n) is 6.05. The van der Waals surface area contributed by atoms with E-state index < -0.39 is 0 Å². The Morgan fingerprint density at radius 1 is 0.952 bits per heavy atom. The van der Waals surface area contributed by atoms with Crippen LogP contribution in [0.25, 0.3) is 0 Å². The Hall–Kier alpha value is -2.10. The van der Waals surface area contributed by atoms with Crippen molar-refractivity contribution in [3.05, 3.63) is 36.4 Å². The predicted molar refractivity (Wildman–Crippen MR) is 77.8 cm³/mol. The van der Waals surface area contributed by atoms with Crippen LogP contribution in [-0.4, -0.2) is 18.9 Å². The summed E-state index contributed by atoms with van der Waals surface area (Å²) in [5.74, 6) is 0.825. The van der Waals surface area contributed by atoms with Gasteiger partial charge < -0.3 is 4.74 Å². The zero-order valence-electron chi connectivity index (χ0n) is 11.9. The number of rotatable bonds is 2. The number of hydrogen-bond donors (Lipinski definition) is 0. The van der Waals surface area contributed by atoms with Crippen LogP contribution in [-0.2, 0) is 9.59 Å². The minimum absolute atomic E-state index is 0.0331. The summed E-state index contributed by atoms with van der Waals surface area (Å²) < 4.78 is 5.13. The molecule has 108 valence electrons. The number of ether oxygens (including phenoxy) is 1. The monoisotopic (exact) mass is 283 g/mol. The van der Waals surface area contributed by atoms with Crippen molar-refractivity contribution in [1.29, 1.82) is 0 Å². The fourth-order valence-electron chi connectivity index (χ4n) is 4.06. The maximum absolute atomic E-state index is 12.7. The number of anilines is 1. The van der Waals surface area contributed by atoms with Crippen LogP contribution in [0, 0.1) is 23.7 Å². The van der Waals surface area contributed by atoms with Crippen molar-refractivity contribution in [3.63, 3.8) is 0 Å². The van der Waals surface area contributed by atoms with E-state index in [9.17, 15) is 9.59 Å². The first-order chi connectivity index (χ1) is 10.2. The molecule has 2 amide bonds.